The van der Waals surface area contributed by atoms with E-state index in [9.17, 15) is 4.79 Å². The molecule has 0 bridgehead atoms. The highest BCUT2D eigenvalue weighted by Crippen LogP contribution is 2.46. The Morgan fingerprint density at radius 3 is 2.65 bits per heavy atom. The highest BCUT2D eigenvalue weighted by molar-refractivity contribution is 5.86. The average Bonchev–Trinajstić information content (AvgIpc) is 2.94. The standard InChI is InChI=1S/C17H20N4O2/c1-10-11(2)16(20-6-12-3-13(12)7-20)18-4-14(10)8-21-9-15(5-19-21)17(22)23/h4-5,9,12-13H,3,6-8H2,1-2H3,(H,22,23). The first-order valence-electron chi connectivity index (χ1n) is 7.98. The summed E-state index contributed by atoms with van der Waals surface area (Å²) in [4.78, 5) is 18.0. The molecule has 6 nitrogen and oxygen atoms in total. The Balaban J connectivity index is 1.57. The summed E-state index contributed by atoms with van der Waals surface area (Å²) in [6.45, 7) is 7.04. The van der Waals surface area contributed by atoms with Crippen LogP contribution >= 0.6 is 0 Å². The lowest BCUT2D eigenvalue weighted by Crippen LogP contribution is -2.24. The molecule has 1 aliphatic heterocycles. The molecule has 2 fully saturated rings. The van der Waals surface area contributed by atoms with Crippen LogP contribution in [-0.2, 0) is 6.54 Å². The van der Waals surface area contributed by atoms with E-state index in [4.69, 9.17) is 5.11 Å². The Hall–Kier alpha value is -2.37. The lowest BCUT2D eigenvalue weighted by molar-refractivity contribution is 0.0697. The maximum absolute atomic E-state index is 10.9. The first-order valence-corrected chi connectivity index (χ1v) is 7.98. The number of aromatic carboxylic acids is 1. The fourth-order valence-electron chi connectivity index (χ4n) is 3.53. The van der Waals surface area contributed by atoms with E-state index in [1.54, 1.807) is 10.9 Å². The minimum atomic E-state index is -0.953. The first kappa shape index (κ1) is 14.2. The van der Waals surface area contributed by atoms with Crippen LogP contribution in [0.5, 0.6) is 0 Å². The van der Waals surface area contributed by atoms with E-state index >= 15 is 0 Å². The van der Waals surface area contributed by atoms with Gasteiger partial charge in [0.15, 0.2) is 0 Å². The molecule has 0 radical (unpaired) electrons. The molecule has 1 N–H and O–H groups in total. The van der Waals surface area contributed by atoms with E-state index < -0.39 is 5.97 Å². The van der Waals surface area contributed by atoms with Gasteiger partial charge in [0.1, 0.15) is 5.82 Å². The Labute approximate surface area is 134 Å². The summed E-state index contributed by atoms with van der Waals surface area (Å²) >= 11 is 0. The minimum absolute atomic E-state index is 0.209. The molecule has 0 amide bonds. The van der Waals surface area contributed by atoms with Crippen LogP contribution in [0.15, 0.2) is 18.6 Å². The van der Waals surface area contributed by atoms with Gasteiger partial charge in [-0.3, -0.25) is 4.68 Å². The molecule has 1 aliphatic carbocycles. The smallest absolute Gasteiger partial charge is 0.338 e. The zero-order chi connectivity index (χ0) is 16.1. The summed E-state index contributed by atoms with van der Waals surface area (Å²) in [6.07, 6.45) is 6.23. The third kappa shape index (κ3) is 2.48. The number of carboxylic acid groups (broad SMARTS) is 1. The second kappa shape index (κ2) is 5.08. The fraction of sp³-hybridized carbons (Fsp3) is 0.471. The number of carboxylic acids is 1. The number of carbonyl (C=O) groups is 1. The molecule has 3 heterocycles. The van der Waals surface area contributed by atoms with Crippen LogP contribution in [0.2, 0.25) is 0 Å². The number of hydrogen-bond donors (Lipinski definition) is 1. The number of nitrogens with zero attached hydrogens (tertiary/aromatic N) is 4. The van der Waals surface area contributed by atoms with Crippen molar-refractivity contribution in [3.63, 3.8) is 0 Å². The molecule has 1 saturated carbocycles. The van der Waals surface area contributed by atoms with Crippen molar-refractivity contribution in [2.24, 2.45) is 11.8 Å². The summed E-state index contributed by atoms with van der Waals surface area (Å²) in [5.41, 5.74) is 3.72. The van der Waals surface area contributed by atoms with Crippen LogP contribution in [0.1, 0.15) is 33.5 Å². The summed E-state index contributed by atoms with van der Waals surface area (Å²) in [6, 6.07) is 0. The molecule has 23 heavy (non-hydrogen) atoms. The van der Waals surface area contributed by atoms with Gasteiger partial charge in [-0.2, -0.15) is 5.10 Å². The van der Waals surface area contributed by atoms with Crippen molar-refractivity contribution in [3.8, 4) is 0 Å². The fourth-order valence-corrected chi connectivity index (χ4v) is 3.53. The number of aromatic nitrogens is 3. The summed E-state index contributed by atoms with van der Waals surface area (Å²) in [7, 11) is 0. The molecule has 120 valence electrons. The number of anilines is 1. The molecule has 2 aromatic heterocycles. The van der Waals surface area contributed by atoms with E-state index in [0.717, 1.165) is 36.3 Å². The molecule has 0 spiro atoms. The Morgan fingerprint density at radius 2 is 2.00 bits per heavy atom. The number of hydrogen-bond acceptors (Lipinski definition) is 4. The van der Waals surface area contributed by atoms with Crippen LogP contribution in [0.25, 0.3) is 0 Å². The number of fused-ring (bicyclic) bond motifs is 1. The van der Waals surface area contributed by atoms with Gasteiger partial charge in [0.25, 0.3) is 0 Å². The third-order valence-corrected chi connectivity index (χ3v) is 5.21. The molecule has 2 atom stereocenters. The average molecular weight is 312 g/mol. The van der Waals surface area contributed by atoms with E-state index in [1.165, 1.54) is 23.7 Å². The predicted octanol–water partition coefficient (Wildman–Crippen LogP) is 2.10. The van der Waals surface area contributed by atoms with Crippen LogP contribution in [-0.4, -0.2) is 38.9 Å². The van der Waals surface area contributed by atoms with Crippen molar-refractivity contribution in [1.29, 1.82) is 0 Å². The van der Waals surface area contributed by atoms with E-state index in [-0.39, 0.29) is 5.56 Å². The molecular weight excluding hydrogens is 292 g/mol. The van der Waals surface area contributed by atoms with Gasteiger partial charge < -0.3 is 10.0 Å². The first-order chi connectivity index (χ1) is 11.0. The number of piperidine rings is 1. The van der Waals surface area contributed by atoms with E-state index in [0.29, 0.717) is 6.54 Å². The molecule has 6 heteroatoms. The maximum Gasteiger partial charge on any atom is 0.338 e. The van der Waals surface area contributed by atoms with Gasteiger partial charge in [-0.05, 0) is 48.8 Å². The molecule has 2 aliphatic rings. The van der Waals surface area contributed by atoms with Crippen LogP contribution in [0.4, 0.5) is 5.82 Å². The second-order valence-electron chi connectivity index (χ2n) is 6.75. The monoisotopic (exact) mass is 312 g/mol. The number of rotatable bonds is 4. The van der Waals surface area contributed by atoms with Crippen molar-refractivity contribution in [2.45, 2.75) is 26.8 Å². The highest BCUT2D eigenvalue weighted by atomic mass is 16.4. The maximum atomic E-state index is 10.9. The summed E-state index contributed by atoms with van der Waals surface area (Å²) in [5, 5.41) is 13.1. The zero-order valence-corrected chi connectivity index (χ0v) is 13.4. The van der Waals surface area contributed by atoms with Crippen molar-refractivity contribution in [1.82, 2.24) is 14.8 Å². The molecule has 2 unspecified atom stereocenters. The summed E-state index contributed by atoms with van der Waals surface area (Å²) in [5.74, 6) is 1.92. The third-order valence-electron chi connectivity index (χ3n) is 5.21. The van der Waals surface area contributed by atoms with Crippen molar-refractivity contribution in [2.75, 3.05) is 18.0 Å². The SMILES string of the molecule is Cc1c(Cn2cc(C(=O)O)cn2)cnc(N2CC3CC3C2)c1C. The number of pyridine rings is 1. The Bertz CT molecular complexity index is 773. The molecule has 0 aromatic carbocycles. The van der Waals surface area contributed by atoms with Crippen LogP contribution in [0, 0.1) is 25.7 Å². The van der Waals surface area contributed by atoms with Gasteiger partial charge in [0, 0.05) is 25.5 Å². The van der Waals surface area contributed by atoms with E-state index in [2.05, 4.69) is 28.8 Å². The molecular formula is C17H20N4O2. The van der Waals surface area contributed by atoms with E-state index in [1.807, 2.05) is 6.20 Å². The second-order valence-corrected chi connectivity index (χ2v) is 6.75. The topological polar surface area (TPSA) is 71.2 Å². The van der Waals surface area contributed by atoms with Crippen molar-refractivity contribution >= 4 is 11.8 Å². The van der Waals surface area contributed by atoms with Gasteiger partial charge in [-0.25, -0.2) is 9.78 Å². The lowest BCUT2D eigenvalue weighted by atomic mass is 10.1. The minimum Gasteiger partial charge on any atom is -0.478 e. The predicted molar refractivity (Wildman–Crippen MR) is 85.8 cm³/mol. The van der Waals surface area contributed by atoms with Gasteiger partial charge in [-0.15, -0.1) is 0 Å². The van der Waals surface area contributed by atoms with Gasteiger partial charge in [0.2, 0.25) is 0 Å². The van der Waals surface area contributed by atoms with Crippen LogP contribution < -0.4 is 4.90 Å². The quantitative estimate of drug-likeness (QED) is 0.936. The van der Waals surface area contributed by atoms with Gasteiger partial charge >= 0.3 is 5.97 Å². The van der Waals surface area contributed by atoms with Gasteiger partial charge in [-0.1, -0.05) is 0 Å². The summed E-state index contributed by atoms with van der Waals surface area (Å²) < 4.78 is 1.65. The molecule has 2 aromatic rings. The normalized spacial score (nSPS) is 22.3. The van der Waals surface area contributed by atoms with Crippen molar-refractivity contribution < 1.29 is 9.90 Å². The van der Waals surface area contributed by atoms with Gasteiger partial charge in [0.05, 0.1) is 18.3 Å². The molecule has 1 saturated heterocycles. The van der Waals surface area contributed by atoms with Crippen molar-refractivity contribution in [3.05, 3.63) is 40.8 Å². The molecule has 4 rings (SSSR count). The zero-order valence-electron chi connectivity index (χ0n) is 13.4. The Kier molecular flexibility index (Phi) is 3.14. The highest BCUT2D eigenvalue weighted by Gasteiger charge is 2.45. The largest absolute Gasteiger partial charge is 0.478 e. The lowest BCUT2D eigenvalue weighted by Gasteiger charge is -2.23. The Morgan fingerprint density at radius 1 is 1.26 bits per heavy atom. The van der Waals surface area contributed by atoms with Crippen LogP contribution in [0.3, 0.4) is 0 Å².